The number of aromatic nitrogens is 4. The minimum absolute atomic E-state index is 0. The molecule has 3 rings (SSSR count). The van der Waals surface area contributed by atoms with Gasteiger partial charge in [0.15, 0.2) is 5.82 Å². The van der Waals surface area contributed by atoms with Crippen molar-refractivity contribution in [3.8, 4) is 11.5 Å². The molecular weight excluding hydrogens is 362 g/mol. The van der Waals surface area contributed by atoms with E-state index in [4.69, 9.17) is 20.6 Å². The maximum atomic E-state index is 6.43. The summed E-state index contributed by atoms with van der Waals surface area (Å²) in [4.78, 5) is 9.29. The minimum Gasteiger partial charge on any atom is -0.377 e. The van der Waals surface area contributed by atoms with Crippen LogP contribution in [0.1, 0.15) is 65.1 Å². The van der Waals surface area contributed by atoms with E-state index in [1.165, 1.54) is 0 Å². The summed E-state index contributed by atoms with van der Waals surface area (Å²) in [6.45, 7) is 9.38. The number of nitrogens with two attached hydrogens (primary N) is 1. The molecular formula is C20H32ClN5O. The molecule has 0 aromatic carbocycles. The Kier molecular flexibility index (Phi) is 7.37. The van der Waals surface area contributed by atoms with Gasteiger partial charge in [-0.3, -0.25) is 4.98 Å². The van der Waals surface area contributed by atoms with Crippen molar-refractivity contribution in [2.75, 3.05) is 6.61 Å². The largest absolute Gasteiger partial charge is 0.377 e. The van der Waals surface area contributed by atoms with Crippen molar-refractivity contribution < 1.29 is 4.74 Å². The van der Waals surface area contributed by atoms with Crippen molar-refractivity contribution in [1.29, 1.82) is 0 Å². The van der Waals surface area contributed by atoms with E-state index in [-0.39, 0.29) is 30.1 Å². The number of hydrogen-bond acceptors (Lipinski definition) is 5. The molecule has 1 fully saturated rings. The minimum atomic E-state index is -0.144. The summed E-state index contributed by atoms with van der Waals surface area (Å²) in [6, 6.07) is 5.87. The first-order chi connectivity index (χ1) is 12.4. The molecule has 27 heavy (non-hydrogen) atoms. The molecule has 0 aliphatic heterocycles. The van der Waals surface area contributed by atoms with E-state index < -0.39 is 0 Å². The van der Waals surface area contributed by atoms with E-state index in [0.717, 1.165) is 43.8 Å². The van der Waals surface area contributed by atoms with Crippen LogP contribution in [0.4, 0.5) is 0 Å². The second-order valence-corrected chi connectivity index (χ2v) is 8.17. The molecule has 0 unspecified atom stereocenters. The highest BCUT2D eigenvalue weighted by Crippen LogP contribution is 2.35. The van der Waals surface area contributed by atoms with Crippen molar-refractivity contribution in [3.63, 3.8) is 0 Å². The molecule has 7 heteroatoms. The average Bonchev–Trinajstić information content (AvgIpc) is 3.07. The predicted molar refractivity (Wildman–Crippen MR) is 110 cm³/mol. The lowest BCUT2D eigenvalue weighted by atomic mass is 9.83. The standard InChI is InChI=1S/C20H31N5O.ClH/c1-5-12-26-17-10-9-14(13-15(17)21)19-23-18(16-8-6-7-11-22-16)24-25(19)20(2,3)4;/h6-8,11,14-15,17H,5,9-10,12-13,21H2,1-4H3;1H/t14-,15+,17+;/m0./s1. The molecule has 0 spiro atoms. The lowest BCUT2D eigenvalue weighted by Gasteiger charge is -2.34. The molecule has 1 aliphatic rings. The van der Waals surface area contributed by atoms with Gasteiger partial charge in [-0.05, 0) is 58.6 Å². The Morgan fingerprint density at radius 3 is 2.63 bits per heavy atom. The lowest BCUT2D eigenvalue weighted by Crippen LogP contribution is -2.42. The number of hydrogen-bond donors (Lipinski definition) is 1. The third-order valence-electron chi connectivity index (χ3n) is 4.90. The number of halogens is 1. The Labute approximate surface area is 168 Å². The van der Waals surface area contributed by atoms with Crippen LogP contribution < -0.4 is 5.73 Å². The predicted octanol–water partition coefficient (Wildman–Crippen LogP) is 3.91. The molecule has 2 heterocycles. The molecule has 0 amide bonds. The lowest BCUT2D eigenvalue weighted by molar-refractivity contribution is 0.0104. The highest BCUT2D eigenvalue weighted by molar-refractivity contribution is 5.85. The first-order valence-corrected chi connectivity index (χ1v) is 9.66. The number of pyridine rings is 1. The van der Waals surface area contributed by atoms with Gasteiger partial charge in [0, 0.05) is 24.8 Å². The Hall–Kier alpha value is -1.50. The maximum Gasteiger partial charge on any atom is 0.200 e. The molecule has 0 radical (unpaired) electrons. The fourth-order valence-electron chi connectivity index (χ4n) is 3.57. The fourth-order valence-corrected chi connectivity index (χ4v) is 3.57. The summed E-state index contributed by atoms with van der Waals surface area (Å²) in [7, 11) is 0. The number of nitrogens with zero attached hydrogens (tertiary/aromatic N) is 4. The van der Waals surface area contributed by atoms with Crippen molar-refractivity contribution >= 4 is 12.4 Å². The normalized spacial score (nSPS) is 23.1. The van der Waals surface area contributed by atoms with E-state index in [1.807, 2.05) is 18.2 Å². The van der Waals surface area contributed by atoms with E-state index in [1.54, 1.807) is 6.20 Å². The third kappa shape index (κ3) is 5.06. The van der Waals surface area contributed by atoms with E-state index in [0.29, 0.717) is 11.7 Å². The summed E-state index contributed by atoms with van der Waals surface area (Å²) in [5.74, 6) is 2.01. The van der Waals surface area contributed by atoms with Crippen LogP contribution in [0.2, 0.25) is 0 Å². The Bertz CT molecular complexity index is 713. The van der Waals surface area contributed by atoms with Crippen LogP contribution in [0.5, 0.6) is 0 Å². The van der Waals surface area contributed by atoms with Gasteiger partial charge in [-0.15, -0.1) is 17.5 Å². The van der Waals surface area contributed by atoms with E-state index in [2.05, 4.69) is 37.4 Å². The summed E-state index contributed by atoms with van der Waals surface area (Å²) < 4.78 is 7.98. The Balaban J connectivity index is 0.00000261. The molecule has 3 atom stereocenters. The van der Waals surface area contributed by atoms with Gasteiger partial charge in [-0.25, -0.2) is 9.67 Å². The van der Waals surface area contributed by atoms with Gasteiger partial charge in [0.1, 0.15) is 11.5 Å². The molecule has 0 bridgehead atoms. The molecule has 2 aromatic heterocycles. The van der Waals surface area contributed by atoms with Gasteiger partial charge in [0.25, 0.3) is 0 Å². The molecule has 2 aromatic rings. The summed E-state index contributed by atoms with van der Waals surface area (Å²) in [5.41, 5.74) is 7.09. The monoisotopic (exact) mass is 393 g/mol. The van der Waals surface area contributed by atoms with Crippen LogP contribution in [-0.4, -0.2) is 38.5 Å². The molecule has 1 aliphatic carbocycles. The maximum absolute atomic E-state index is 6.43. The van der Waals surface area contributed by atoms with E-state index in [9.17, 15) is 0 Å². The molecule has 150 valence electrons. The molecule has 2 N–H and O–H groups in total. The van der Waals surface area contributed by atoms with Crippen molar-refractivity contribution in [2.45, 2.75) is 77.0 Å². The Morgan fingerprint density at radius 1 is 1.26 bits per heavy atom. The second kappa shape index (κ2) is 9.13. The highest BCUT2D eigenvalue weighted by atomic mass is 35.5. The molecule has 0 saturated heterocycles. The van der Waals surface area contributed by atoms with Crippen molar-refractivity contribution in [2.24, 2.45) is 5.73 Å². The fraction of sp³-hybridized carbons (Fsp3) is 0.650. The number of ether oxygens (including phenoxy) is 1. The summed E-state index contributed by atoms with van der Waals surface area (Å²) >= 11 is 0. The van der Waals surface area contributed by atoms with E-state index >= 15 is 0 Å². The summed E-state index contributed by atoms with van der Waals surface area (Å²) in [5, 5.41) is 4.79. The SMILES string of the molecule is CCCO[C@@H]1CC[C@H](c2nc(-c3ccccn3)nn2C(C)(C)C)C[C@H]1N.Cl. The van der Waals surface area contributed by atoms with Crippen LogP contribution >= 0.6 is 12.4 Å². The Morgan fingerprint density at radius 2 is 2.04 bits per heavy atom. The first-order valence-electron chi connectivity index (χ1n) is 9.66. The van der Waals surface area contributed by atoms with Gasteiger partial charge in [0.05, 0.1) is 11.6 Å². The second-order valence-electron chi connectivity index (χ2n) is 8.17. The molecule has 1 saturated carbocycles. The van der Waals surface area contributed by atoms with Gasteiger partial charge in [-0.1, -0.05) is 13.0 Å². The van der Waals surface area contributed by atoms with Crippen molar-refractivity contribution in [3.05, 3.63) is 30.2 Å². The first kappa shape index (κ1) is 21.8. The topological polar surface area (TPSA) is 78.9 Å². The van der Waals surface area contributed by atoms with Gasteiger partial charge in [-0.2, -0.15) is 0 Å². The van der Waals surface area contributed by atoms with Crippen LogP contribution in [0, 0.1) is 0 Å². The highest BCUT2D eigenvalue weighted by Gasteiger charge is 2.34. The van der Waals surface area contributed by atoms with Gasteiger partial charge >= 0.3 is 0 Å². The van der Waals surface area contributed by atoms with Crippen LogP contribution in [0.3, 0.4) is 0 Å². The zero-order valence-electron chi connectivity index (χ0n) is 16.8. The van der Waals surface area contributed by atoms with Crippen LogP contribution in [-0.2, 0) is 10.3 Å². The summed E-state index contributed by atoms with van der Waals surface area (Å²) in [6.07, 6.45) is 5.84. The van der Waals surface area contributed by atoms with Gasteiger partial charge in [0.2, 0.25) is 0 Å². The van der Waals surface area contributed by atoms with Crippen LogP contribution in [0.25, 0.3) is 11.5 Å². The third-order valence-corrected chi connectivity index (χ3v) is 4.90. The van der Waals surface area contributed by atoms with Crippen molar-refractivity contribution in [1.82, 2.24) is 19.7 Å². The zero-order valence-corrected chi connectivity index (χ0v) is 17.6. The number of rotatable bonds is 5. The smallest absolute Gasteiger partial charge is 0.200 e. The van der Waals surface area contributed by atoms with Crippen LogP contribution in [0.15, 0.2) is 24.4 Å². The molecule has 6 nitrogen and oxygen atoms in total. The zero-order chi connectivity index (χ0) is 18.7. The average molecular weight is 394 g/mol. The quantitative estimate of drug-likeness (QED) is 0.833. The van der Waals surface area contributed by atoms with Gasteiger partial charge < -0.3 is 10.5 Å².